The highest BCUT2D eigenvalue weighted by Crippen LogP contribution is 2.46. The van der Waals surface area contributed by atoms with Crippen LogP contribution in [0.2, 0.25) is 0 Å². The Balaban J connectivity index is 1.74. The van der Waals surface area contributed by atoms with Gasteiger partial charge in [0, 0.05) is 17.3 Å². The van der Waals surface area contributed by atoms with E-state index in [2.05, 4.69) is 0 Å². The number of fused-ring (bicyclic) bond motifs is 1. The molecule has 0 radical (unpaired) electrons. The Hall–Kier alpha value is -4.46. The molecular formula is C31H31NO7. The van der Waals surface area contributed by atoms with Crippen molar-refractivity contribution in [1.29, 1.82) is 0 Å². The van der Waals surface area contributed by atoms with Crippen molar-refractivity contribution in [2.45, 2.75) is 39.7 Å². The number of ketones is 1. The van der Waals surface area contributed by atoms with Crippen molar-refractivity contribution < 1.29 is 33.6 Å². The number of hydrogen-bond acceptors (Lipinski definition) is 7. The van der Waals surface area contributed by atoms with Crippen LogP contribution in [0.4, 0.5) is 5.69 Å². The Morgan fingerprint density at radius 1 is 1.08 bits per heavy atom. The first kappa shape index (κ1) is 26.2. The molecule has 8 nitrogen and oxygen atoms in total. The molecule has 2 heterocycles. The van der Waals surface area contributed by atoms with E-state index < -0.39 is 17.7 Å². The smallest absolute Gasteiger partial charge is 0.300 e. The molecule has 1 atom stereocenters. The number of aliphatic hydroxyl groups excluding tert-OH is 1. The average molecular weight is 530 g/mol. The number of benzene rings is 3. The van der Waals surface area contributed by atoms with Crippen LogP contribution in [0, 0.1) is 6.92 Å². The van der Waals surface area contributed by atoms with Crippen LogP contribution in [-0.2, 0) is 9.59 Å². The topological polar surface area (TPSA) is 94.5 Å². The first-order chi connectivity index (χ1) is 18.7. The van der Waals surface area contributed by atoms with Crippen molar-refractivity contribution >= 4 is 23.1 Å². The van der Waals surface area contributed by atoms with E-state index in [9.17, 15) is 14.7 Å². The lowest BCUT2D eigenvalue weighted by Gasteiger charge is -2.26. The summed E-state index contributed by atoms with van der Waals surface area (Å²) in [7, 11) is 1.60. The van der Waals surface area contributed by atoms with E-state index in [0.717, 1.165) is 5.56 Å². The Morgan fingerprint density at radius 2 is 1.85 bits per heavy atom. The van der Waals surface area contributed by atoms with Crippen molar-refractivity contribution in [3.05, 3.63) is 82.4 Å². The maximum absolute atomic E-state index is 13.7. The molecule has 1 unspecified atom stereocenters. The quantitative estimate of drug-likeness (QED) is 0.232. The molecule has 3 aromatic carbocycles. The van der Waals surface area contributed by atoms with Gasteiger partial charge in [0.1, 0.15) is 17.3 Å². The van der Waals surface area contributed by atoms with Gasteiger partial charge in [-0.05, 0) is 72.9 Å². The molecule has 0 spiro atoms. The van der Waals surface area contributed by atoms with E-state index in [-0.39, 0.29) is 24.0 Å². The highest BCUT2D eigenvalue weighted by Gasteiger charge is 2.47. The van der Waals surface area contributed by atoms with E-state index in [0.29, 0.717) is 52.0 Å². The van der Waals surface area contributed by atoms with Crippen LogP contribution < -0.4 is 23.8 Å². The van der Waals surface area contributed by atoms with Crippen LogP contribution in [0.1, 0.15) is 55.0 Å². The fraction of sp³-hybridized carbons (Fsp3) is 0.290. The Bertz CT molecular complexity index is 1490. The van der Waals surface area contributed by atoms with E-state index in [1.807, 2.05) is 52.0 Å². The molecule has 0 bridgehead atoms. The predicted molar refractivity (Wildman–Crippen MR) is 147 cm³/mol. The number of anilines is 1. The molecule has 5 rings (SSSR count). The third-order valence-corrected chi connectivity index (χ3v) is 7.02. The third kappa shape index (κ3) is 4.56. The Morgan fingerprint density at radius 3 is 2.56 bits per heavy atom. The monoisotopic (exact) mass is 529 g/mol. The number of aryl methyl sites for hydroxylation is 1. The zero-order chi connectivity index (χ0) is 27.8. The van der Waals surface area contributed by atoms with Crippen molar-refractivity contribution in [3.63, 3.8) is 0 Å². The molecule has 202 valence electrons. The fourth-order valence-electron chi connectivity index (χ4n) is 5.12. The maximum Gasteiger partial charge on any atom is 0.300 e. The summed E-state index contributed by atoms with van der Waals surface area (Å²) in [5.74, 6) is 0.641. The zero-order valence-corrected chi connectivity index (χ0v) is 22.6. The SMILES string of the molecule is CCOc1cccc(C2/C(=C(\O)c3cc(C(C)C)c(OC)cc3C)C(=O)C(=O)N2c2ccc3c(c2)OCO3)c1. The first-order valence-electron chi connectivity index (χ1n) is 12.9. The van der Waals surface area contributed by atoms with Gasteiger partial charge in [0.15, 0.2) is 11.5 Å². The number of aliphatic hydroxyl groups is 1. The van der Waals surface area contributed by atoms with Crippen LogP contribution in [0.25, 0.3) is 5.76 Å². The van der Waals surface area contributed by atoms with Crippen LogP contribution >= 0.6 is 0 Å². The number of methoxy groups -OCH3 is 1. The molecule has 1 N–H and O–H groups in total. The van der Waals surface area contributed by atoms with Crippen LogP contribution in [0.3, 0.4) is 0 Å². The van der Waals surface area contributed by atoms with Gasteiger partial charge in [0.05, 0.1) is 25.3 Å². The summed E-state index contributed by atoms with van der Waals surface area (Å²) < 4.78 is 22.2. The molecule has 39 heavy (non-hydrogen) atoms. The summed E-state index contributed by atoms with van der Waals surface area (Å²) in [4.78, 5) is 28.7. The lowest BCUT2D eigenvalue weighted by Crippen LogP contribution is -2.29. The standard InChI is InChI=1S/C31H31NO7/c1-6-37-21-9-7-8-19(13-21)28-27(29(33)23-15-22(17(2)3)25(36-5)12-18(23)4)30(34)31(35)32(28)20-10-11-24-26(14-20)39-16-38-24/h7-15,17,28,33H,6,16H2,1-5H3/b29-27+. The van der Waals surface area contributed by atoms with Crippen molar-refractivity contribution in [3.8, 4) is 23.0 Å². The van der Waals surface area contributed by atoms with Crippen LogP contribution in [0.15, 0.2) is 60.2 Å². The van der Waals surface area contributed by atoms with Crippen LogP contribution in [0.5, 0.6) is 23.0 Å². The maximum atomic E-state index is 13.7. The minimum Gasteiger partial charge on any atom is -0.507 e. The number of ether oxygens (including phenoxy) is 4. The van der Waals surface area contributed by atoms with Crippen LogP contribution in [-0.4, -0.2) is 37.3 Å². The minimum atomic E-state index is -0.908. The van der Waals surface area contributed by atoms with Gasteiger partial charge in [-0.1, -0.05) is 26.0 Å². The normalized spacial score (nSPS) is 17.7. The number of Topliss-reactive ketones (excluding diaryl/α,β-unsaturated/α-hetero) is 1. The number of carbonyl (C=O) groups excluding carboxylic acids is 2. The van der Waals surface area contributed by atoms with Gasteiger partial charge >= 0.3 is 0 Å². The number of amides is 1. The molecule has 0 aliphatic carbocycles. The van der Waals surface area contributed by atoms with Gasteiger partial charge in [-0.2, -0.15) is 0 Å². The zero-order valence-electron chi connectivity index (χ0n) is 22.6. The van der Waals surface area contributed by atoms with Gasteiger partial charge in [-0.15, -0.1) is 0 Å². The predicted octanol–water partition coefficient (Wildman–Crippen LogP) is 5.88. The molecule has 3 aromatic rings. The second-order valence-corrected chi connectivity index (χ2v) is 9.78. The lowest BCUT2D eigenvalue weighted by atomic mass is 9.91. The average Bonchev–Trinajstić information content (AvgIpc) is 3.50. The fourth-order valence-corrected chi connectivity index (χ4v) is 5.12. The number of hydrogen-bond donors (Lipinski definition) is 1. The van der Waals surface area contributed by atoms with Crippen molar-refractivity contribution in [1.82, 2.24) is 0 Å². The molecule has 1 saturated heterocycles. The van der Waals surface area contributed by atoms with Gasteiger partial charge in [-0.25, -0.2) is 0 Å². The highest BCUT2D eigenvalue weighted by atomic mass is 16.7. The summed E-state index contributed by atoms with van der Waals surface area (Å²) in [6.45, 7) is 8.29. The Kier molecular flexibility index (Phi) is 6.95. The molecule has 0 saturated carbocycles. The Labute approximate surface area is 227 Å². The largest absolute Gasteiger partial charge is 0.507 e. The van der Waals surface area contributed by atoms with E-state index in [4.69, 9.17) is 18.9 Å². The second kappa shape index (κ2) is 10.4. The van der Waals surface area contributed by atoms with E-state index in [1.54, 1.807) is 37.4 Å². The second-order valence-electron chi connectivity index (χ2n) is 9.78. The number of nitrogens with zero attached hydrogens (tertiary/aromatic N) is 1. The minimum absolute atomic E-state index is 0.00529. The molecular weight excluding hydrogens is 498 g/mol. The third-order valence-electron chi connectivity index (χ3n) is 7.02. The number of rotatable bonds is 7. The van der Waals surface area contributed by atoms with Gasteiger partial charge < -0.3 is 24.1 Å². The van der Waals surface area contributed by atoms with E-state index >= 15 is 0 Å². The van der Waals surface area contributed by atoms with E-state index in [1.165, 1.54) is 4.90 Å². The molecule has 8 heteroatoms. The van der Waals surface area contributed by atoms with Gasteiger partial charge in [0.2, 0.25) is 6.79 Å². The summed E-state index contributed by atoms with van der Waals surface area (Å²) >= 11 is 0. The summed E-state index contributed by atoms with van der Waals surface area (Å²) in [5, 5.41) is 11.7. The van der Waals surface area contributed by atoms with Gasteiger partial charge in [0.25, 0.3) is 11.7 Å². The summed E-state index contributed by atoms with van der Waals surface area (Å²) in [5.41, 5.74) is 3.12. The molecule has 1 fully saturated rings. The molecule has 1 amide bonds. The number of carbonyl (C=O) groups is 2. The summed E-state index contributed by atoms with van der Waals surface area (Å²) in [6, 6.07) is 15.0. The first-order valence-corrected chi connectivity index (χ1v) is 12.9. The molecule has 0 aromatic heterocycles. The molecule has 2 aliphatic heterocycles. The lowest BCUT2D eigenvalue weighted by molar-refractivity contribution is -0.132. The summed E-state index contributed by atoms with van der Waals surface area (Å²) in [6.07, 6.45) is 0. The van der Waals surface area contributed by atoms with Crippen molar-refractivity contribution in [2.24, 2.45) is 0 Å². The molecule has 2 aliphatic rings. The van der Waals surface area contributed by atoms with Gasteiger partial charge in [-0.3, -0.25) is 14.5 Å². The highest BCUT2D eigenvalue weighted by molar-refractivity contribution is 6.51. The van der Waals surface area contributed by atoms with Crippen molar-refractivity contribution in [2.75, 3.05) is 25.4 Å².